The third-order valence-electron chi connectivity index (χ3n) is 4.06. The van der Waals surface area contributed by atoms with E-state index in [1.54, 1.807) is 23.1 Å². The van der Waals surface area contributed by atoms with E-state index in [-0.39, 0.29) is 17.7 Å². The van der Waals surface area contributed by atoms with Crippen molar-refractivity contribution in [1.82, 2.24) is 19.8 Å². The molecule has 1 fully saturated rings. The standard InChI is InChI=1S/C17H20FN5O/c1-2-22-8-10-23(11-9-22)16(24)15-6-7-19-17(21-15)20-14-5-3-4-13(18)12-14/h3-7,12H,2,8-11H2,1H3,(H,19,20,21). The second kappa shape index (κ2) is 7.35. The number of benzene rings is 1. The molecule has 1 amide bonds. The lowest BCUT2D eigenvalue weighted by Crippen LogP contribution is -2.48. The minimum absolute atomic E-state index is 0.101. The van der Waals surface area contributed by atoms with E-state index in [1.165, 1.54) is 18.3 Å². The van der Waals surface area contributed by atoms with Gasteiger partial charge in [-0.1, -0.05) is 13.0 Å². The predicted molar refractivity (Wildman–Crippen MR) is 89.7 cm³/mol. The average Bonchev–Trinajstić information content (AvgIpc) is 2.61. The first kappa shape index (κ1) is 16.3. The zero-order chi connectivity index (χ0) is 16.9. The summed E-state index contributed by atoms with van der Waals surface area (Å²) >= 11 is 0. The molecule has 0 aliphatic carbocycles. The summed E-state index contributed by atoms with van der Waals surface area (Å²) in [5.74, 6) is -0.171. The Hall–Kier alpha value is -2.54. The van der Waals surface area contributed by atoms with E-state index < -0.39 is 0 Å². The topological polar surface area (TPSA) is 61.4 Å². The fourth-order valence-corrected chi connectivity index (χ4v) is 2.66. The summed E-state index contributed by atoms with van der Waals surface area (Å²) in [5.41, 5.74) is 0.880. The van der Waals surface area contributed by atoms with Crippen LogP contribution in [-0.4, -0.2) is 58.4 Å². The van der Waals surface area contributed by atoms with Gasteiger partial charge in [-0.3, -0.25) is 4.79 Å². The van der Waals surface area contributed by atoms with Crippen molar-refractivity contribution < 1.29 is 9.18 Å². The molecule has 3 rings (SSSR count). The first-order valence-electron chi connectivity index (χ1n) is 8.03. The number of carbonyl (C=O) groups excluding carboxylic acids is 1. The number of hydrogen-bond acceptors (Lipinski definition) is 5. The molecule has 126 valence electrons. The Morgan fingerprint density at radius 3 is 2.75 bits per heavy atom. The van der Waals surface area contributed by atoms with Gasteiger partial charge in [0, 0.05) is 38.1 Å². The van der Waals surface area contributed by atoms with Crippen molar-refractivity contribution in [3.63, 3.8) is 0 Å². The molecule has 0 bridgehead atoms. The molecular formula is C17H20FN5O. The van der Waals surface area contributed by atoms with Crippen molar-refractivity contribution in [3.8, 4) is 0 Å². The van der Waals surface area contributed by atoms with E-state index >= 15 is 0 Å². The summed E-state index contributed by atoms with van der Waals surface area (Å²) in [6.07, 6.45) is 1.53. The molecule has 1 aliphatic heterocycles. The van der Waals surface area contributed by atoms with Crippen LogP contribution in [0.3, 0.4) is 0 Å². The Bertz CT molecular complexity index is 716. The predicted octanol–water partition coefficient (Wildman–Crippen LogP) is 2.14. The van der Waals surface area contributed by atoms with E-state index in [2.05, 4.69) is 27.1 Å². The van der Waals surface area contributed by atoms with Crippen LogP contribution in [0.4, 0.5) is 16.0 Å². The molecule has 0 radical (unpaired) electrons. The highest BCUT2D eigenvalue weighted by Crippen LogP contribution is 2.15. The summed E-state index contributed by atoms with van der Waals surface area (Å²) in [7, 11) is 0. The minimum Gasteiger partial charge on any atom is -0.335 e. The number of piperazine rings is 1. The summed E-state index contributed by atoms with van der Waals surface area (Å²) in [5, 5.41) is 2.92. The second-order valence-electron chi connectivity index (χ2n) is 5.63. The van der Waals surface area contributed by atoms with Crippen LogP contribution in [0.1, 0.15) is 17.4 Å². The number of nitrogens with one attached hydrogen (secondary N) is 1. The molecule has 1 N–H and O–H groups in total. The molecule has 1 aliphatic rings. The third-order valence-corrected chi connectivity index (χ3v) is 4.06. The molecule has 7 heteroatoms. The van der Waals surface area contributed by atoms with Crippen LogP contribution in [0.25, 0.3) is 0 Å². The van der Waals surface area contributed by atoms with Gasteiger partial charge in [-0.2, -0.15) is 0 Å². The summed E-state index contributed by atoms with van der Waals surface area (Å²) in [6.45, 7) is 6.26. The molecule has 0 unspecified atom stereocenters. The maximum atomic E-state index is 13.2. The van der Waals surface area contributed by atoms with Crippen molar-refractivity contribution >= 4 is 17.5 Å². The molecule has 1 aromatic heterocycles. The normalized spacial score (nSPS) is 15.3. The van der Waals surface area contributed by atoms with Crippen molar-refractivity contribution in [2.24, 2.45) is 0 Å². The lowest BCUT2D eigenvalue weighted by molar-refractivity contribution is 0.0637. The minimum atomic E-state index is -0.346. The zero-order valence-corrected chi connectivity index (χ0v) is 13.6. The molecule has 2 heterocycles. The van der Waals surface area contributed by atoms with Gasteiger partial charge >= 0.3 is 0 Å². The van der Waals surface area contributed by atoms with Crippen molar-refractivity contribution in [2.45, 2.75) is 6.92 Å². The fourth-order valence-electron chi connectivity index (χ4n) is 2.66. The SMILES string of the molecule is CCN1CCN(C(=O)c2ccnc(Nc3cccc(F)c3)n2)CC1. The van der Waals surface area contributed by atoms with Gasteiger partial charge < -0.3 is 15.1 Å². The smallest absolute Gasteiger partial charge is 0.272 e. The van der Waals surface area contributed by atoms with E-state index in [0.29, 0.717) is 24.5 Å². The van der Waals surface area contributed by atoms with Crippen LogP contribution in [-0.2, 0) is 0 Å². The quantitative estimate of drug-likeness (QED) is 0.931. The molecule has 0 spiro atoms. The second-order valence-corrected chi connectivity index (χ2v) is 5.63. The van der Waals surface area contributed by atoms with Crippen LogP contribution in [0, 0.1) is 5.82 Å². The highest BCUT2D eigenvalue weighted by atomic mass is 19.1. The average molecular weight is 329 g/mol. The number of amides is 1. The van der Waals surface area contributed by atoms with Crippen LogP contribution < -0.4 is 5.32 Å². The Morgan fingerprint density at radius 1 is 1.25 bits per heavy atom. The maximum Gasteiger partial charge on any atom is 0.272 e. The van der Waals surface area contributed by atoms with Crippen molar-refractivity contribution in [2.75, 3.05) is 38.0 Å². The Balaban J connectivity index is 1.69. The van der Waals surface area contributed by atoms with Gasteiger partial charge in [0.25, 0.3) is 5.91 Å². The molecule has 24 heavy (non-hydrogen) atoms. The van der Waals surface area contributed by atoms with E-state index in [0.717, 1.165) is 19.6 Å². The zero-order valence-electron chi connectivity index (χ0n) is 13.6. The Kier molecular flexibility index (Phi) is 5.00. The van der Waals surface area contributed by atoms with Gasteiger partial charge in [0.1, 0.15) is 11.5 Å². The summed E-state index contributed by atoms with van der Waals surface area (Å²) in [6, 6.07) is 7.62. The van der Waals surface area contributed by atoms with Crippen LogP contribution in [0.5, 0.6) is 0 Å². The molecular weight excluding hydrogens is 309 g/mol. The van der Waals surface area contributed by atoms with Crippen LogP contribution in [0.15, 0.2) is 36.5 Å². The third kappa shape index (κ3) is 3.86. The number of rotatable bonds is 4. The summed E-state index contributed by atoms with van der Waals surface area (Å²) < 4.78 is 13.2. The first-order chi connectivity index (χ1) is 11.7. The van der Waals surface area contributed by atoms with Gasteiger partial charge in [0.05, 0.1) is 0 Å². The highest BCUT2D eigenvalue weighted by Gasteiger charge is 2.22. The number of hydrogen-bond donors (Lipinski definition) is 1. The van der Waals surface area contributed by atoms with E-state index in [4.69, 9.17) is 0 Å². The lowest BCUT2D eigenvalue weighted by atomic mass is 10.2. The van der Waals surface area contributed by atoms with E-state index in [9.17, 15) is 9.18 Å². The first-order valence-corrected chi connectivity index (χ1v) is 8.03. The van der Waals surface area contributed by atoms with Gasteiger partial charge in [-0.25, -0.2) is 14.4 Å². The van der Waals surface area contributed by atoms with Crippen LogP contribution >= 0.6 is 0 Å². The Morgan fingerprint density at radius 2 is 2.04 bits per heavy atom. The number of nitrogens with zero attached hydrogens (tertiary/aromatic N) is 4. The molecule has 6 nitrogen and oxygen atoms in total. The molecule has 0 saturated carbocycles. The molecule has 1 aromatic carbocycles. The lowest BCUT2D eigenvalue weighted by Gasteiger charge is -2.33. The van der Waals surface area contributed by atoms with Crippen LogP contribution in [0.2, 0.25) is 0 Å². The van der Waals surface area contributed by atoms with Gasteiger partial charge in [0.2, 0.25) is 5.95 Å². The summed E-state index contributed by atoms with van der Waals surface area (Å²) in [4.78, 5) is 25.1. The molecule has 1 saturated heterocycles. The number of likely N-dealkylation sites (N-methyl/N-ethyl adjacent to an activating group) is 1. The molecule has 2 aromatic rings. The maximum absolute atomic E-state index is 13.2. The number of anilines is 2. The number of halogens is 1. The molecule has 0 atom stereocenters. The van der Waals surface area contributed by atoms with E-state index in [1.807, 2.05) is 0 Å². The number of carbonyl (C=O) groups is 1. The largest absolute Gasteiger partial charge is 0.335 e. The van der Waals surface area contributed by atoms with Gasteiger partial charge in [-0.05, 0) is 30.8 Å². The van der Waals surface area contributed by atoms with Crippen molar-refractivity contribution in [1.29, 1.82) is 0 Å². The number of aromatic nitrogens is 2. The monoisotopic (exact) mass is 329 g/mol. The Labute approximate surface area is 140 Å². The van der Waals surface area contributed by atoms with Gasteiger partial charge in [-0.15, -0.1) is 0 Å². The van der Waals surface area contributed by atoms with Crippen molar-refractivity contribution in [3.05, 3.63) is 48.0 Å². The fraction of sp³-hybridized carbons (Fsp3) is 0.353. The van der Waals surface area contributed by atoms with Gasteiger partial charge in [0.15, 0.2) is 0 Å². The highest BCUT2D eigenvalue weighted by molar-refractivity contribution is 5.92.